The van der Waals surface area contributed by atoms with Crippen LogP contribution in [0.2, 0.25) is 0 Å². The molecule has 0 saturated carbocycles. The maximum Gasteiger partial charge on any atom is 0.266 e. The first kappa shape index (κ1) is 21.7. The molecule has 1 N–H and O–H groups in total. The summed E-state index contributed by atoms with van der Waals surface area (Å²) < 4.78 is 5.11. The first-order chi connectivity index (χ1) is 15.1. The van der Waals surface area contributed by atoms with Crippen molar-refractivity contribution in [1.82, 2.24) is 0 Å². The Hall–Kier alpha value is -4.04. The summed E-state index contributed by atoms with van der Waals surface area (Å²) in [7, 11) is 1.58. The van der Waals surface area contributed by atoms with Gasteiger partial charge in [0.05, 0.1) is 7.11 Å². The molecule has 0 fully saturated rings. The molecule has 1 amide bonds. The third kappa shape index (κ3) is 5.97. The standard InChI is InChI=1S/C26H25N3O2/c1-3-29(19-21-7-5-4-6-8-21)24-13-9-20(10-14-24)17-22(18-27)26(30)28-23-11-15-25(31-2)16-12-23/h4-17H,3,19H2,1-2H3,(H,28,30). The summed E-state index contributed by atoms with van der Waals surface area (Å²) in [6.07, 6.45) is 1.59. The lowest BCUT2D eigenvalue weighted by Crippen LogP contribution is -2.21. The largest absolute Gasteiger partial charge is 0.497 e. The molecule has 0 bridgehead atoms. The number of ether oxygens (including phenoxy) is 1. The first-order valence-corrected chi connectivity index (χ1v) is 10.1. The van der Waals surface area contributed by atoms with Gasteiger partial charge in [-0.3, -0.25) is 4.79 Å². The van der Waals surface area contributed by atoms with Crippen molar-refractivity contribution in [3.8, 4) is 11.8 Å². The average Bonchev–Trinajstić information content (AvgIpc) is 2.82. The number of hydrogen-bond donors (Lipinski definition) is 1. The lowest BCUT2D eigenvalue weighted by Gasteiger charge is -2.23. The quantitative estimate of drug-likeness (QED) is 0.405. The number of carbonyl (C=O) groups excluding carboxylic acids is 1. The second-order valence-corrected chi connectivity index (χ2v) is 6.94. The molecule has 0 heterocycles. The summed E-state index contributed by atoms with van der Waals surface area (Å²) in [6.45, 7) is 3.81. The van der Waals surface area contributed by atoms with Crippen LogP contribution in [0.3, 0.4) is 0 Å². The summed E-state index contributed by atoms with van der Waals surface area (Å²) in [4.78, 5) is 14.8. The zero-order valence-corrected chi connectivity index (χ0v) is 17.7. The highest BCUT2D eigenvalue weighted by Crippen LogP contribution is 2.20. The van der Waals surface area contributed by atoms with E-state index in [4.69, 9.17) is 4.74 Å². The molecule has 0 spiro atoms. The summed E-state index contributed by atoms with van der Waals surface area (Å²) in [5.74, 6) is 0.249. The van der Waals surface area contributed by atoms with E-state index in [9.17, 15) is 10.1 Å². The van der Waals surface area contributed by atoms with Gasteiger partial charge in [0.2, 0.25) is 0 Å². The SMILES string of the molecule is CCN(Cc1ccccc1)c1ccc(C=C(C#N)C(=O)Nc2ccc(OC)cc2)cc1. The number of nitrogens with zero attached hydrogens (tertiary/aromatic N) is 2. The predicted molar refractivity (Wildman–Crippen MR) is 125 cm³/mol. The van der Waals surface area contributed by atoms with E-state index in [1.807, 2.05) is 48.5 Å². The third-order valence-corrected chi connectivity index (χ3v) is 4.88. The predicted octanol–water partition coefficient (Wildman–Crippen LogP) is 5.27. The molecule has 3 aromatic rings. The second kappa shape index (κ2) is 10.7. The molecule has 0 aliphatic heterocycles. The number of anilines is 2. The Morgan fingerprint density at radius 1 is 1.03 bits per heavy atom. The van der Waals surface area contributed by atoms with Gasteiger partial charge in [0.25, 0.3) is 5.91 Å². The van der Waals surface area contributed by atoms with Crippen molar-refractivity contribution in [3.05, 3.63) is 95.6 Å². The molecule has 0 radical (unpaired) electrons. The van der Waals surface area contributed by atoms with Crippen molar-refractivity contribution < 1.29 is 9.53 Å². The van der Waals surface area contributed by atoms with Crippen molar-refractivity contribution in [2.75, 3.05) is 23.9 Å². The van der Waals surface area contributed by atoms with Gasteiger partial charge < -0.3 is 15.0 Å². The zero-order chi connectivity index (χ0) is 22.1. The van der Waals surface area contributed by atoms with Crippen LogP contribution in [0.25, 0.3) is 6.08 Å². The zero-order valence-electron chi connectivity index (χ0n) is 17.7. The summed E-state index contributed by atoms with van der Waals surface area (Å²) in [6, 6.07) is 27.1. The van der Waals surface area contributed by atoms with E-state index in [1.54, 1.807) is 37.5 Å². The smallest absolute Gasteiger partial charge is 0.266 e. The van der Waals surface area contributed by atoms with Gasteiger partial charge in [-0.15, -0.1) is 0 Å². The second-order valence-electron chi connectivity index (χ2n) is 6.94. The number of benzene rings is 3. The van der Waals surface area contributed by atoms with E-state index in [1.165, 1.54) is 5.56 Å². The molecule has 0 aliphatic rings. The normalized spacial score (nSPS) is 10.8. The molecule has 0 saturated heterocycles. The van der Waals surface area contributed by atoms with Gasteiger partial charge in [-0.25, -0.2) is 0 Å². The Kier molecular flexibility index (Phi) is 7.45. The van der Waals surface area contributed by atoms with Crippen LogP contribution in [0.4, 0.5) is 11.4 Å². The molecule has 31 heavy (non-hydrogen) atoms. The van der Waals surface area contributed by atoms with Gasteiger partial charge >= 0.3 is 0 Å². The molecule has 0 atom stereocenters. The molecule has 3 rings (SSSR count). The van der Waals surface area contributed by atoms with E-state index >= 15 is 0 Å². The Balaban J connectivity index is 1.70. The maximum absolute atomic E-state index is 12.5. The number of nitriles is 1. The number of carbonyl (C=O) groups is 1. The highest BCUT2D eigenvalue weighted by molar-refractivity contribution is 6.09. The number of rotatable bonds is 8. The molecule has 3 aromatic carbocycles. The minimum Gasteiger partial charge on any atom is -0.497 e. The van der Waals surface area contributed by atoms with Crippen LogP contribution in [0.1, 0.15) is 18.1 Å². The third-order valence-electron chi connectivity index (χ3n) is 4.88. The van der Waals surface area contributed by atoms with Crippen molar-refractivity contribution in [1.29, 1.82) is 5.26 Å². The highest BCUT2D eigenvalue weighted by atomic mass is 16.5. The fraction of sp³-hybridized carbons (Fsp3) is 0.154. The van der Waals surface area contributed by atoms with Crippen molar-refractivity contribution in [2.24, 2.45) is 0 Å². The van der Waals surface area contributed by atoms with Crippen LogP contribution in [0.15, 0.2) is 84.4 Å². The lowest BCUT2D eigenvalue weighted by atomic mass is 10.1. The number of hydrogen-bond acceptors (Lipinski definition) is 4. The number of methoxy groups -OCH3 is 1. The highest BCUT2D eigenvalue weighted by Gasteiger charge is 2.10. The molecular formula is C26H25N3O2. The average molecular weight is 412 g/mol. The topological polar surface area (TPSA) is 65.4 Å². The van der Waals surface area contributed by atoms with Crippen LogP contribution in [0.5, 0.6) is 5.75 Å². The Bertz CT molecular complexity index is 1070. The van der Waals surface area contributed by atoms with Crippen LogP contribution in [0, 0.1) is 11.3 Å². The van der Waals surface area contributed by atoms with Crippen LogP contribution in [-0.2, 0) is 11.3 Å². The van der Waals surface area contributed by atoms with Gasteiger partial charge in [0.1, 0.15) is 17.4 Å². The van der Waals surface area contributed by atoms with Gasteiger partial charge in [-0.1, -0.05) is 42.5 Å². The van der Waals surface area contributed by atoms with E-state index in [0.29, 0.717) is 11.4 Å². The fourth-order valence-electron chi connectivity index (χ4n) is 3.16. The number of amides is 1. The molecule has 0 aromatic heterocycles. The Labute approximate surface area is 183 Å². The summed E-state index contributed by atoms with van der Waals surface area (Å²) >= 11 is 0. The molecule has 5 nitrogen and oxygen atoms in total. The Morgan fingerprint density at radius 2 is 1.71 bits per heavy atom. The molecular weight excluding hydrogens is 386 g/mol. The summed E-state index contributed by atoms with van der Waals surface area (Å²) in [5, 5.41) is 12.2. The fourth-order valence-corrected chi connectivity index (χ4v) is 3.16. The van der Waals surface area contributed by atoms with Gasteiger partial charge in [0, 0.05) is 24.5 Å². The lowest BCUT2D eigenvalue weighted by molar-refractivity contribution is -0.112. The summed E-state index contributed by atoms with van der Waals surface area (Å²) in [5.41, 5.74) is 3.77. The Morgan fingerprint density at radius 3 is 2.29 bits per heavy atom. The van der Waals surface area contributed by atoms with Gasteiger partial charge in [-0.2, -0.15) is 5.26 Å². The minimum atomic E-state index is -0.448. The van der Waals surface area contributed by atoms with Crippen molar-refractivity contribution in [3.63, 3.8) is 0 Å². The van der Waals surface area contributed by atoms with Crippen molar-refractivity contribution >= 4 is 23.4 Å². The van der Waals surface area contributed by atoms with E-state index < -0.39 is 5.91 Å². The van der Waals surface area contributed by atoms with Crippen molar-refractivity contribution in [2.45, 2.75) is 13.5 Å². The number of nitrogens with one attached hydrogen (secondary N) is 1. The van der Waals surface area contributed by atoms with Gasteiger partial charge in [0.15, 0.2) is 0 Å². The molecule has 5 heteroatoms. The molecule has 0 aliphatic carbocycles. The van der Waals surface area contributed by atoms with Crippen LogP contribution < -0.4 is 15.0 Å². The maximum atomic E-state index is 12.5. The molecule has 156 valence electrons. The van der Waals surface area contributed by atoms with E-state index in [0.717, 1.165) is 24.3 Å². The van der Waals surface area contributed by atoms with E-state index in [2.05, 4.69) is 29.3 Å². The van der Waals surface area contributed by atoms with Crippen LogP contribution >= 0.6 is 0 Å². The monoisotopic (exact) mass is 411 g/mol. The molecule has 0 unspecified atom stereocenters. The van der Waals surface area contributed by atoms with Crippen LogP contribution in [-0.4, -0.2) is 19.6 Å². The first-order valence-electron chi connectivity index (χ1n) is 10.1. The van der Waals surface area contributed by atoms with E-state index in [-0.39, 0.29) is 5.57 Å². The van der Waals surface area contributed by atoms with Gasteiger partial charge in [-0.05, 0) is 60.5 Å². The minimum absolute atomic E-state index is 0.0419.